The van der Waals surface area contributed by atoms with E-state index >= 15 is 0 Å². The summed E-state index contributed by atoms with van der Waals surface area (Å²) >= 11 is 6.21. The van der Waals surface area contributed by atoms with Crippen molar-refractivity contribution in [1.29, 1.82) is 0 Å². The molecule has 0 atom stereocenters. The molecule has 0 aromatic heterocycles. The quantitative estimate of drug-likeness (QED) is 0.793. The van der Waals surface area contributed by atoms with Crippen LogP contribution in [0.1, 0.15) is 31.2 Å². The molecule has 146 valence electrons. The van der Waals surface area contributed by atoms with Gasteiger partial charge < -0.3 is 20.5 Å². The molecule has 2 aliphatic heterocycles. The SMILES string of the molecule is Cl.NCC1(C(=O)NCC2(c3cccc(Cl)c3)CCOCC2)CCOCC1. The van der Waals surface area contributed by atoms with E-state index in [1.807, 2.05) is 18.2 Å². The number of rotatable bonds is 5. The minimum atomic E-state index is -0.501. The van der Waals surface area contributed by atoms with Crippen molar-refractivity contribution in [2.45, 2.75) is 31.1 Å². The van der Waals surface area contributed by atoms with Gasteiger partial charge in [-0.2, -0.15) is 0 Å². The highest BCUT2D eigenvalue weighted by atomic mass is 35.5. The van der Waals surface area contributed by atoms with Gasteiger partial charge in [0.2, 0.25) is 5.91 Å². The molecule has 1 amide bonds. The maximum atomic E-state index is 12.9. The lowest BCUT2D eigenvalue weighted by Crippen LogP contribution is -2.53. The van der Waals surface area contributed by atoms with Crippen molar-refractivity contribution >= 4 is 29.9 Å². The molecule has 2 heterocycles. The first kappa shape index (κ1) is 21.5. The van der Waals surface area contributed by atoms with Crippen LogP contribution in [0.5, 0.6) is 0 Å². The Morgan fingerprint density at radius 2 is 1.73 bits per heavy atom. The first-order chi connectivity index (χ1) is 12.1. The molecule has 5 nitrogen and oxygen atoms in total. The van der Waals surface area contributed by atoms with Crippen LogP contribution in [0.2, 0.25) is 5.02 Å². The van der Waals surface area contributed by atoms with Gasteiger partial charge in [-0.3, -0.25) is 4.79 Å². The van der Waals surface area contributed by atoms with E-state index in [-0.39, 0.29) is 23.7 Å². The number of ether oxygens (including phenoxy) is 2. The van der Waals surface area contributed by atoms with Crippen molar-refractivity contribution in [1.82, 2.24) is 5.32 Å². The molecule has 2 saturated heterocycles. The largest absolute Gasteiger partial charge is 0.381 e. The number of benzene rings is 1. The predicted molar refractivity (Wildman–Crippen MR) is 105 cm³/mol. The maximum absolute atomic E-state index is 12.9. The molecule has 0 bridgehead atoms. The molecule has 2 fully saturated rings. The predicted octanol–water partition coefficient (Wildman–Crippen LogP) is 2.68. The molecule has 0 saturated carbocycles. The molecule has 0 spiro atoms. The normalized spacial score (nSPS) is 21.5. The van der Waals surface area contributed by atoms with Crippen molar-refractivity contribution in [3.63, 3.8) is 0 Å². The van der Waals surface area contributed by atoms with Gasteiger partial charge >= 0.3 is 0 Å². The van der Waals surface area contributed by atoms with Crippen molar-refractivity contribution in [2.24, 2.45) is 11.1 Å². The zero-order valence-corrected chi connectivity index (χ0v) is 16.5. The van der Waals surface area contributed by atoms with Gasteiger partial charge in [-0.25, -0.2) is 0 Å². The van der Waals surface area contributed by atoms with E-state index in [1.165, 1.54) is 0 Å². The van der Waals surface area contributed by atoms with Crippen LogP contribution in [0.25, 0.3) is 0 Å². The Kier molecular flexibility index (Phi) is 7.74. The van der Waals surface area contributed by atoms with Crippen molar-refractivity contribution in [3.8, 4) is 0 Å². The third kappa shape index (κ3) is 4.52. The van der Waals surface area contributed by atoms with Crippen LogP contribution < -0.4 is 11.1 Å². The number of hydrogen-bond donors (Lipinski definition) is 2. The summed E-state index contributed by atoms with van der Waals surface area (Å²) in [6.07, 6.45) is 3.10. The Labute approximate surface area is 166 Å². The summed E-state index contributed by atoms with van der Waals surface area (Å²) in [5, 5.41) is 3.92. The van der Waals surface area contributed by atoms with Crippen LogP contribution in [-0.2, 0) is 19.7 Å². The van der Waals surface area contributed by atoms with Gasteiger partial charge in [0.15, 0.2) is 0 Å². The smallest absolute Gasteiger partial charge is 0.227 e. The molecular formula is C19H28Cl2N2O3. The van der Waals surface area contributed by atoms with Gasteiger partial charge in [-0.1, -0.05) is 23.7 Å². The number of carbonyl (C=O) groups excluding carboxylic acids is 1. The lowest BCUT2D eigenvalue weighted by atomic mass is 9.73. The summed E-state index contributed by atoms with van der Waals surface area (Å²) < 4.78 is 11.0. The Balaban J connectivity index is 0.00000243. The first-order valence-corrected chi connectivity index (χ1v) is 9.38. The highest BCUT2D eigenvalue weighted by Gasteiger charge is 2.41. The van der Waals surface area contributed by atoms with E-state index in [2.05, 4.69) is 11.4 Å². The van der Waals surface area contributed by atoms with E-state index < -0.39 is 5.41 Å². The van der Waals surface area contributed by atoms with Gasteiger partial charge in [-0.05, 0) is 43.4 Å². The van der Waals surface area contributed by atoms with Crippen LogP contribution in [0.15, 0.2) is 24.3 Å². The third-order valence-electron chi connectivity index (χ3n) is 5.80. The lowest BCUT2D eigenvalue weighted by molar-refractivity contribution is -0.136. The van der Waals surface area contributed by atoms with Crippen molar-refractivity contribution < 1.29 is 14.3 Å². The van der Waals surface area contributed by atoms with Crippen LogP contribution >= 0.6 is 24.0 Å². The Hall–Kier alpha value is -0.850. The maximum Gasteiger partial charge on any atom is 0.227 e. The topological polar surface area (TPSA) is 73.6 Å². The van der Waals surface area contributed by atoms with Gasteiger partial charge in [0.25, 0.3) is 0 Å². The van der Waals surface area contributed by atoms with Crippen LogP contribution in [0.3, 0.4) is 0 Å². The number of halogens is 2. The fourth-order valence-corrected chi connectivity index (χ4v) is 4.06. The Morgan fingerprint density at radius 1 is 1.12 bits per heavy atom. The van der Waals surface area contributed by atoms with E-state index in [4.69, 9.17) is 26.8 Å². The standard InChI is InChI=1S/C19H27ClN2O3.ClH/c20-16-3-1-2-15(12-16)19(6-10-25-11-7-19)14-22-17(23)18(13-21)4-8-24-9-5-18;/h1-3,12H,4-11,13-14,21H2,(H,22,23);1H. The van der Waals surface area contributed by atoms with Crippen molar-refractivity contribution in [2.75, 3.05) is 39.5 Å². The molecule has 7 heteroatoms. The summed E-state index contributed by atoms with van der Waals surface area (Å²) in [5.74, 6) is 0.0474. The number of hydrogen-bond acceptors (Lipinski definition) is 4. The number of carbonyl (C=O) groups is 1. The number of amides is 1. The summed E-state index contributed by atoms with van der Waals surface area (Å²) in [4.78, 5) is 12.9. The number of nitrogens with one attached hydrogen (secondary N) is 1. The third-order valence-corrected chi connectivity index (χ3v) is 6.03. The minimum absolute atomic E-state index is 0. The second-order valence-corrected chi connectivity index (χ2v) is 7.62. The molecule has 1 aromatic carbocycles. The van der Waals surface area contributed by atoms with Gasteiger partial charge in [0, 0.05) is 50.0 Å². The first-order valence-electron chi connectivity index (χ1n) is 9.00. The zero-order valence-electron chi connectivity index (χ0n) is 15.0. The van der Waals surface area contributed by atoms with E-state index in [0.29, 0.717) is 52.4 Å². The van der Waals surface area contributed by atoms with E-state index in [1.54, 1.807) is 0 Å². The molecule has 0 radical (unpaired) electrons. The molecule has 3 N–H and O–H groups in total. The van der Waals surface area contributed by atoms with Crippen molar-refractivity contribution in [3.05, 3.63) is 34.9 Å². The molecule has 1 aromatic rings. The van der Waals surface area contributed by atoms with Gasteiger partial charge in [0.05, 0.1) is 5.41 Å². The molecule has 2 aliphatic rings. The number of nitrogens with two attached hydrogens (primary N) is 1. The van der Waals surface area contributed by atoms with Gasteiger partial charge in [-0.15, -0.1) is 12.4 Å². The average molecular weight is 403 g/mol. The summed E-state index contributed by atoms with van der Waals surface area (Å²) in [5.41, 5.74) is 6.48. The van der Waals surface area contributed by atoms with E-state index in [0.717, 1.165) is 23.4 Å². The molecule has 26 heavy (non-hydrogen) atoms. The molecule has 0 unspecified atom stereocenters. The second kappa shape index (κ2) is 9.38. The Bertz CT molecular complexity index is 600. The van der Waals surface area contributed by atoms with Crippen LogP contribution in [0.4, 0.5) is 0 Å². The van der Waals surface area contributed by atoms with Crippen LogP contribution in [-0.4, -0.2) is 45.4 Å². The second-order valence-electron chi connectivity index (χ2n) is 7.18. The zero-order chi connectivity index (χ0) is 17.8. The lowest BCUT2D eigenvalue weighted by Gasteiger charge is -2.40. The fourth-order valence-electron chi connectivity index (χ4n) is 3.87. The minimum Gasteiger partial charge on any atom is -0.381 e. The summed E-state index contributed by atoms with van der Waals surface area (Å²) in [6.45, 7) is 3.51. The Morgan fingerprint density at radius 3 is 2.31 bits per heavy atom. The summed E-state index contributed by atoms with van der Waals surface area (Å²) in [6, 6.07) is 7.95. The fraction of sp³-hybridized carbons (Fsp3) is 0.632. The molecule has 3 rings (SSSR count). The molecular weight excluding hydrogens is 375 g/mol. The van der Waals surface area contributed by atoms with Gasteiger partial charge in [0.1, 0.15) is 0 Å². The average Bonchev–Trinajstić information content (AvgIpc) is 2.67. The monoisotopic (exact) mass is 402 g/mol. The van der Waals surface area contributed by atoms with Crippen LogP contribution in [0, 0.1) is 5.41 Å². The highest BCUT2D eigenvalue weighted by Crippen LogP contribution is 2.36. The van der Waals surface area contributed by atoms with E-state index in [9.17, 15) is 4.79 Å². The summed E-state index contributed by atoms with van der Waals surface area (Å²) in [7, 11) is 0. The molecule has 0 aliphatic carbocycles. The highest BCUT2D eigenvalue weighted by molar-refractivity contribution is 6.30.